The second-order valence-electron chi connectivity index (χ2n) is 2.25. The van der Waals surface area contributed by atoms with Crippen molar-refractivity contribution in [2.75, 3.05) is 0 Å². The maximum atomic E-state index is 5.83. The third-order valence-electron chi connectivity index (χ3n) is 1.18. The molecule has 0 saturated heterocycles. The van der Waals surface area contributed by atoms with Gasteiger partial charge in [-0.2, -0.15) is 0 Å². The fourth-order valence-corrected chi connectivity index (χ4v) is 2.29. The van der Waals surface area contributed by atoms with Crippen LogP contribution in [0.25, 0.3) is 0 Å². The topological polar surface area (TPSA) is 9.23 Å². The maximum Gasteiger partial charge on any atom is 0.338 e. The Kier molecular flexibility index (Phi) is 4.51. The first-order valence-corrected chi connectivity index (χ1v) is 5.88. The summed E-state index contributed by atoms with van der Waals surface area (Å²) in [4.78, 5) is 0. The summed E-state index contributed by atoms with van der Waals surface area (Å²) in [6, 6.07) is 3.07. The fourth-order valence-electron chi connectivity index (χ4n) is 0.742. The third kappa shape index (κ3) is 3.84. The molecule has 7 heteroatoms. The normalized spacial score (nSPS) is 11.6. The van der Waals surface area contributed by atoms with Crippen molar-refractivity contribution in [3.8, 4) is 5.75 Å². The van der Waals surface area contributed by atoms with Gasteiger partial charge in [0.05, 0.1) is 9.50 Å². The Morgan fingerprint density at radius 1 is 1.14 bits per heavy atom. The first kappa shape index (κ1) is 13.0. The quantitative estimate of drug-likeness (QED) is 0.605. The van der Waals surface area contributed by atoms with Gasteiger partial charge in [-0.05, 0) is 62.9 Å². The summed E-state index contributed by atoms with van der Waals surface area (Å²) in [5, 5.41) is 0.717. The van der Waals surface area contributed by atoms with E-state index in [0.29, 0.717) is 9.50 Å². The molecule has 0 saturated carbocycles. The largest absolute Gasteiger partial charge is 0.443 e. The van der Waals surface area contributed by atoms with Crippen LogP contribution in [0.15, 0.2) is 16.6 Å². The van der Waals surface area contributed by atoms with Crippen molar-refractivity contribution < 1.29 is 4.74 Å². The maximum absolute atomic E-state index is 5.83. The Balaban J connectivity index is 3.09. The van der Waals surface area contributed by atoms with Crippen molar-refractivity contribution in [2.24, 2.45) is 0 Å². The first-order valence-electron chi connectivity index (χ1n) is 3.20. The number of halogens is 6. The lowest BCUT2D eigenvalue weighted by Gasteiger charge is -2.16. The minimum atomic E-state index is -1.86. The van der Waals surface area contributed by atoms with Crippen LogP contribution in [0, 0.1) is 0 Å². The van der Waals surface area contributed by atoms with Crippen molar-refractivity contribution in [1.82, 2.24) is 0 Å². The van der Waals surface area contributed by atoms with Gasteiger partial charge in [0, 0.05) is 5.02 Å². The van der Waals surface area contributed by atoms with Crippen molar-refractivity contribution in [3.05, 3.63) is 26.7 Å². The van der Waals surface area contributed by atoms with Crippen molar-refractivity contribution in [3.63, 3.8) is 0 Å². The molecule has 0 N–H and O–H groups in total. The summed E-state index contributed by atoms with van der Waals surface area (Å²) in [7, 11) is 0. The molecule has 78 valence electrons. The van der Waals surface area contributed by atoms with Gasteiger partial charge in [-0.1, -0.05) is 23.2 Å². The monoisotopic (exact) mass is 356 g/mol. The number of hydrogen-bond acceptors (Lipinski definition) is 1. The van der Waals surface area contributed by atoms with E-state index in [9.17, 15) is 0 Å². The molecular weight excluding hydrogens is 357 g/mol. The number of alkyl halides is 3. The molecule has 1 aromatic carbocycles. The Hall–Kier alpha value is 0.950. The molecule has 0 amide bonds. The molecule has 14 heavy (non-hydrogen) atoms. The van der Waals surface area contributed by atoms with Crippen LogP contribution in [-0.2, 0) is 0 Å². The Morgan fingerprint density at radius 3 is 2.14 bits per heavy atom. The van der Waals surface area contributed by atoms with E-state index in [1.54, 1.807) is 6.07 Å². The van der Waals surface area contributed by atoms with Gasteiger partial charge < -0.3 is 4.74 Å². The van der Waals surface area contributed by atoms with E-state index < -0.39 is 3.98 Å². The average Bonchev–Trinajstić information content (AvgIpc) is 1.95. The minimum Gasteiger partial charge on any atom is -0.443 e. The van der Waals surface area contributed by atoms with E-state index in [2.05, 4.69) is 15.9 Å². The Labute approximate surface area is 114 Å². The Bertz CT molecular complexity index is 325. The lowest BCUT2D eigenvalue weighted by molar-refractivity contribution is 0.318. The van der Waals surface area contributed by atoms with E-state index in [-0.39, 0.29) is 10.8 Å². The number of ether oxygens (including phenoxy) is 1. The molecule has 0 aliphatic heterocycles. The highest BCUT2D eigenvalue weighted by Gasteiger charge is 2.24. The fraction of sp³-hybridized carbons (Fsp3) is 0.143. The summed E-state index contributed by atoms with van der Waals surface area (Å²) in [6.07, 6.45) is 0. The lowest BCUT2D eigenvalue weighted by atomic mass is 10.3. The highest BCUT2D eigenvalue weighted by atomic mass is 79.9. The van der Waals surface area contributed by atoms with Crippen LogP contribution >= 0.6 is 73.9 Å². The predicted octanol–water partition coefficient (Wildman–Crippen LogP) is 5.46. The van der Waals surface area contributed by atoms with Crippen LogP contribution in [-0.4, -0.2) is 3.98 Å². The van der Waals surface area contributed by atoms with E-state index in [4.69, 9.17) is 62.7 Å². The number of benzene rings is 1. The molecule has 1 nitrogen and oxygen atoms in total. The summed E-state index contributed by atoms with van der Waals surface area (Å²) in [5.74, 6) is 0.232. The molecule has 0 aliphatic rings. The predicted molar refractivity (Wildman–Crippen MR) is 65.1 cm³/mol. The van der Waals surface area contributed by atoms with Crippen LogP contribution in [0.5, 0.6) is 5.75 Å². The van der Waals surface area contributed by atoms with Crippen LogP contribution in [0.3, 0.4) is 0 Å². The van der Waals surface area contributed by atoms with Crippen LogP contribution in [0.2, 0.25) is 10.0 Å². The van der Waals surface area contributed by atoms with Crippen LogP contribution < -0.4 is 4.74 Å². The summed E-state index contributed by atoms with van der Waals surface area (Å²) >= 11 is 31.1. The molecule has 1 rings (SSSR count). The zero-order valence-corrected chi connectivity index (χ0v) is 11.7. The van der Waals surface area contributed by atoms with Gasteiger partial charge in [0.2, 0.25) is 0 Å². The molecule has 0 spiro atoms. The number of hydrogen-bond donors (Lipinski definition) is 0. The zero-order chi connectivity index (χ0) is 10.9. The molecule has 0 heterocycles. The van der Waals surface area contributed by atoms with E-state index in [1.807, 2.05) is 0 Å². The highest BCUT2D eigenvalue weighted by molar-refractivity contribution is 9.10. The summed E-state index contributed by atoms with van der Waals surface area (Å²) in [6.45, 7) is 0. The third-order valence-corrected chi connectivity index (χ3v) is 2.50. The van der Waals surface area contributed by atoms with Gasteiger partial charge in [0.1, 0.15) is 0 Å². The highest BCUT2D eigenvalue weighted by Crippen LogP contribution is 2.40. The molecule has 1 aromatic rings. The Morgan fingerprint density at radius 2 is 1.71 bits per heavy atom. The molecule has 0 aliphatic carbocycles. The molecule has 0 radical (unpaired) electrons. The molecule has 0 atom stereocenters. The van der Waals surface area contributed by atoms with Crippen molar-refractivity contribution in [1.29, 1.82) is 0 Å². The molecule has 0 fully saturated rings. The SMILES string of the molecule is Clc1cc(Cl)c(OC(Cl)(Cl)Cl)c(Br)c1. The molecule has 0 bridgehead atoms. The lowest BCUT2D eigenvalue weighted by Crippen LogP contribution is -2.13. The van der Waals surface area contributed by atoms with Gasteiger partial charge >= 0.3 is 3.98 Å². The van der Waals surface area contributed by atoms with E-state index >= 15 is 0 Å². The van der Waals surface area contributed by atoms with Crippen molar-refractivity contribution in [2.45, 2.75) is 3.98 Å². The molecular formula is C7H2BrCl5O. The second kappa shape index (κ2) is 4.86. The van der Waals surface area contributed by atoms with Crippen LogP contribution in [0.1, 0.15) is 0 Å². The van der Waals surface area contributed by atoms with Gasteiger partial charge in [0.15, 0.2) is 5.75 Å². The van der Waals surface area contributed by atoms with Crippen LogP contribution in [0.4, 0.5) is 0 Å². The van der Waals surface area contributed by atoms with Gasteiger partial charge in [0.25, 0.3) is 0 Å². The van der Waals surface area contributed by atoms with Gasteiger partial charge in [-0.15, -0.1) is 0 Å². The summed E-state index contributed by atoms with van der Waals surface area (Å²) in [5.41, 5.74) is 0. The number of rotatable bonds is 1. The smallest absolute Gasteiger partial charge is 0.338 e. The minimum absolute atomic E-state index is 0.232. The molecule has 0 unspecified atom stereocenters. The first-order chi connectivity index (χ1) is 6.29. The van der Waals surface area contributed by atoms with Gasteiger partial charge in [-0.3, -0.25) is 0 Å². The standard InChI is InChI=1S/C7H2BrCl5O/c8-4-1-3(9)2-5(10)6(4)14-7(11,12)13/h1-2H. The second-order valence-corrected chi connectivity index (χ2v) is 6.12. The molecule has 0 aromatic heterocycles. The average molecular weight is 359 g/mol. The zero-order valence-electron chi connectivity index (χ0n) is 6.33. The van der Waals surface area contributed by atoms with E-state index in [1.165, 1.54) is 6.07 Å². The van der Waals surface area contributed by atoms with Crippen molar-refractivity contribution >= 4 is 73.9 Å². The summed E-state index contributed by atoms with van der Waals surface area (Å²) < 4.78 is 3.63. The van der Waals surface area contributed by atoms with E-state index in [0.717, 1.165) is 0 Å². The van der Waals surface area contributed by atoms with Gasteiger partial charge in [-0.25, -0.2) is 0 Å².